The fourth-order valence-electron chi connectivity index (χ4n) is 5.71. The summed E-state index contributed by atoms with van der Waals surface area (Å²) in [7, 11) is 5.30. The maximum absolute atomic E-state index is 14.6. The first-order valence-electron chi connectivity index (χ1n) is 11.5. The highest BCUT2D eigenvalue weighted by molar-refractivity contribution is 5.91. The van der Waals surface area contributed by atoms with Crippen LogP contribution in [0.1, 0.15) is 51.5 Å². The monoisotopic (exact) mass is 452 g/mol. The second kappa shape index (κ2) is 8.43. The van der Waals surface area contributed by atoms with Crippen LogP contribution in [0, 0.1) is 16.6 Å². The van der Waals surface area contributed by atoms with Gasteiger partial charge < -0.3 is 14.9 Å². The molecule has 2 aromatic rings. The molecule has 1 heterocycles. The third-order valence-corrected chi connectivity index (χ3v) is 7.44. The zero-order valence-corrected chi connectivity index (χ0v) is 20.1. The number of carbonyl (C=O) groups excluding carboxylic acids is 1. The number of phenolic OH excluding ortho intramolecular Hbond substituents is 1. The van der Waals surface area contributed by atoms with Gasteiger partial charge in [-0.2, -0.15) is 0 Å². The van der Waals surface area contributed by atoms with Crippen LogP contribution >= 0.6 is 0 Å². The van der Waals surface area contributed by atoms with Crippen LogP contribution in [0.2, 0.25) is 0 Å². The number of halogens is 1. The predicted molar refractivity (Wildman–Crippen MR) is 128 cm³/mol. The lowest BCUT2D eigenvalue weighted by molar-refractivity contribution is -0.123. The minimum Gasteiger partial charge on any atom is -0.507 e. The second-order valence-corrected chi connectivity index (χ2v) is 10.7. The molecule has 0 saturated heterocycles. The van der Waals surface area contributed by atoms with Crippen LogP contribution in [0.25, 0.3) is 17.3 Å². The van der Waals surface area contributed by atoms with Gasteiger partial charge in [-0.25, -0.2) is 4.39 Å². The van der Waals surface area contributed by atoms with Gasteiger partial charge in [-0.1, -0.05) is 13.8 Å². The number of anilines is 1. The van der Waals surface area contributed by atoms with E-state index >= 15 is 0 Å². The summed E-state index contributed by atoms with van der Waals surface area (Å²) in [5.41, 5.74) is 1.59. The smallest absolute Gasteiger partial charge is 0.246 e. The van der Waals surface area contributed by atoms with Crippen molar-refractivity contribution >= 4 is 17.8 Å². The third-order valence-electron chi connectivity index (χ3n) is 7.44. The van der Waals surface area contributed by atoms with Crippen LogP contribution < -0.4 is 4.90 Å². The van der Waals surface area contributed by atoms with E-state index in [0.29, 0.717) is 22.6 Å². The predicted octanol–water partition coefficient (Wildman–Crippen LogP) is 4.88. The van der Waals surface area contributed by atoms with Gasteiger partial charge >= 0.3 is 0 Å². The Morgan fingerprint density at radius 2 is 1.79 bits per heavy atom. The van der Waals surface area contributed by atoms with Crippen molar-refractivity contribution in [3.63, 3.8) is 0 Å². The first-order chi connectivity index (χ1) is 15.5. The van der Waals surface area contributed by atoms with Gasteiger partial charge in [0.1, 0.15) is 11.6 Å². The number of aromatic nitrogens is 2. The topological polar surface area (TPSA) is 69.6 Å². The van der Waals surface area contributed by atoms with Crippen LogP contribution in [0.15, 0.2) is 30.3 Å². The number of aromatic hydroxyl groups is 1. The van der Waals surface area contributed by atoms with Gasteiger partial charge in [0.25, 0.3) is 0 Å². The van der Waals surface area contributed by atoms with Crippen LogP contribution in [-0.2, 0) is 4.79 Å². The molecule has 33 heavy (non-hydrogen) atoms. The molecule has 1 N–H and O–H groups in total. The molecule has 1 aromatic carbocycles. The van der Waals surface area contributed by atoms with E-state index in [9.17, 15) is 14.3 Å². The van der Waals surface area contributed by atoms with Gasteiger partial charge in [0.15, 0.2) is 5.82 Å². The number of likely N-dealkylation sites (N-methyl/N-ethyl adjacent to an activating group) is 1. The van der Waals surface area contributed by atoms with Crippen LogP contribution in [0.3, 0.4) is 0 Å². The van der Waals surface area contributed by atoms with Gasteiger partial charge in [0.2, 0.25) is 5.91 Å². The van der Waals surface area contributed by atoms with Crippen molar-refractivity contribution in [1.82, 2.24) is 15.1 Å². The van der Waals surface area contributed by atoms with Gasteiger partial charge in [-0.3, -0.25) is 4.79 Å². The van der Waals surface area contributed by atoms with Crippen LogP contribution in [-0.4, -0.2) is 53.3 Å². The summed E-state index contributed by atoms with van der Waals surface area (Å²) in [5.74, 6) is -0.155. The summed E-state index contributed by atoms with van der Waals surface area (Å²) in [5, 5.41) is 19.2. The van der Waals surface area contributed by atoms with E-state index in [1.807, 2.05) is 6.07 Å². The minimum atomic E-state index is -0.548. The summed E-state index contributed by atoms with van der Waals surface area (Å²) in [4.78, 5) is 15.3. The average Bonchev–Trinajstić information content (AvgIpc) is 2.99. The van der Waals surface area contributed by atoms with Gasteiger partial charge in [-0.15, -0.1) is 10.2 Å². The van der Waals surface area contributed by atoms with Gasteiger partial charge in [0, 0.05) is 44.4 Å². The van der Waals surface area contributed by atoms with Gasteiger partial charge in [0.05, 0.1) is 5.69 Å². The van der Waals surface area contributed by atoms with Crippen molar-refractivity contribution in [3.8, 4) is 17.0 Å². The molecule has 3 atom stereocenters. The third kappa shape index (κ3) is 4.72. The number of nitrogens with zero attached hydrogens (tertiary/aromatic N) is 4. The van der Waals surface area contributed by atoms with E-state index in [4.69, 9.17) is 0 Å². The summed E-state index contributed by atoms with van der Waals surface area (Å²) >= 11 is 0. The van der Waals surface area contributed by atoms with E-state index in [1.54, 1.807) is 20.2 Å². The van der Waals surface area contributed by atoms with Crippen molar-refractivity contribution in [2.75, 3.05) is 26.0 Å². The molecule has 6 nitrogen and oxygen atoms in total. The summed E-state index contributed by atoms with van der Waals surface area (Å²) in [6, 6.07) is 6.58. The molecule has 2 saturated carbocycles. The fraction of sp³-hybridized carbons (Fsp3) is 0.500. The fourth-order valence-corrected chi connectivity index (χ4v) is 5.71. The lowest BCUT2D eigenvalue weighted by Gasteiger charge is -2.44. The molecular weight excluding hydrogens is 419 g/mol. The van der Waals surface area contributed by atoms with E-state index < -0.39 is 5.82 Å². The lowest BCUT2D eigenvalue weighted by Crippen LogP contribution is -2.42. The highest BCUT2D eigenvalue weighted by Gasteiger charge is 2.50. The van der Waals surface area contributed by atoms with E-state index in [0.717, 1.165) is 18.7 Å². The highest BCUT2D eigenvalue weighted by atomic mass is 19.1. The Bertz CT molecular complexity index is 1070. The number of rotatable bonds is 5. The standard InChI is InChI=1S/C26H33FN4O2/c1-25-10-11-26(2,16-25)15-18(14-25)31(5)23-8-7-21(28-29-23)19-13-20(27)17(12-22(19)32)6-9-24(33)30(3)4/h6-9,12-13,18,32H,10-11,14-16H2,1-5H3/b9-6+/t18?,25-,26+. The summed E-state index contributed by atoms with van der Waals surface area (Å²) < 4.78 is 14.6. The van der Waals surface area contributed by atoms with E-state index in [-0.39, 0.29) is 22.8 Å². The quantitative estimate of drug-likeness (QED) is 0.655. The molecular formula is C26H33FN4O2. The molecule has 1 amide bonds. The Morgan fingerprint density at radius 1 is 1.12 bits per heavy atom. The number of hydrogen-bond acceptors (Lipinski definition) is 5. The molecule has 4 rings (SSSR count). The number of phenols is 1. The molecule has 2 aliphatic rings. The van der Waals surface area contributed by atoms with Crippen molar-refractivity contribution in [2.45, 2.75) is 52.0 Å². The zero-order chi connectivity index (χ0) is 24.0. The second-order valence-electron chi connectivity index (χ2n) is 10.7. The van der Waals surface area contributed by atoms with E-state index in [1.165, 1.54) is 48.4 Å². The number of carbonyl (C=O) groups is 1. The van der Waals surface area contributed by atoms with Crippen molar-refractivity contribution in [3.05, 3.63) is 41.7 Å². The number of hydrogen-bond donors (Lipinski definition) is 1. The summed E-state index contributed by atoms with van der Waals surface area (Å²) in [6.45, 7) is 4.80. The summed E-state index contributed by atoms with van der Waals surface area (Å²) in [6.07, 6.45) is 8.80. The average molecular weight is 453 g/mol. The SMILES string of the molecule is CN(C)C(=O)/C=C/c1cc(O)c(-c2ccc(N(C)C3C[C@]4(C)CC[C@](C)(C3)C4)nn2)cc1F. The van der Waals surface area contributed by atoms with Crippen LogP contribution in [0.5, 0.6) is 5.75 Å². The van der Waals surface area contributed by atoms with Crippen LogP contribution in [0.4, 0.5) is 10.2 Å². The van der Waals surface area contributed by atoms with E-state index in [2.05, 4.69) is 36.0 Å². The number of benzene rings is 1. The highest BCUT2D eigenvalue weighted by Crippen LogP contribution is 2.58. The Kier molecular flexibility index (Phi) is 5.93. The molecule has 176 valence electrons. The molecule has 1 aromatic heterocycles. The van der Waals surface area contributed by atoms with Crippen molar-refractivity contribution < 1.29 is 14.3 Å². The largest absolute Gasteiger partial charge is 0.507 e. The molecule has 1 unspecified atom stereocenters. The Morgan fingerprint density at radius 3 is 2.36 bits per heavy atom. The van der Waals surface area contributed by atoms with Crippen molar-refractivity contribution in [1.29, 1.82) is 0 Å². The first kappa shape index (κ1) is 23.2. The minimum absolute atomic E-state index is 0.117. The first-order valence-corrected chi connectivity index (χ1v) is 11.5. The Hall–Kier alpha value is -2.96. The molecule has 2 bridgehead atoms. The molecule has 0 radical (unpaired) electrons. The van der Waals surface area contributed by atoms with Gasteiger partial charge in [-0.05, 0) is 73.3 Å². The molecule has 0 spiro atoms. The number of fused-ring (bicyclic) bond motifs is 2. The molecule has 7 heteroatoms. The maximum atomic E-state index is 14.6. The maximum Gasteiger partial charge on any atom is 0.246 e. The molecule has 2 fully saturated rings. The lowest BCUT2D eigenvalue weighted by atomic mass is 9.68. The molecule has 0 aliphatic heterocycles. The zero-order valence-electron chi connectivity index (χ0n) is 20.1. The Labute approximate surface area is 195 Å². The normalized spacial score (nSPS) is 26.5. The number of amides is 1. The molecule has 2 aliphatic carbocycles. The van der Waals surface area contributed by atoms with Crippen molar-refractivity contribution in [2.24, 2.45) is 10.8 Å². The Balaban J connectivity index is 1.52.